The van der Waals surface area contributed by atoms with Crippen molar-refractivity contribution < 1.29 is 29.5 Å². The Balaban J connectivity index is 3.21. The molecule has 0 aliphatic rings. The van der Waals surface area contributed by atoms with Crippen LogP contribution in [0, 0.1) is 10.1 Å². The van der Waals surface area contributed by atoms with Gasteiger partial charge in [-0.25, -0.2) is 4.79 Å². The number of benzene rings is 1. The van der Waals surface area contributed by atoms with E-state index in [1.54, 1.807) is 0 Å². The maximum Gasteiger partial charge on any atom is 0.338 e. The van der Waals surface area contributed by atoms with E-state index in [0.717, 1.165) is 25.3 Å². The van der Waals surface area contributed by atoms with Crippen LogP contribution >= 0.6 is 0 Å². The molecule has 0 aromatic heterocycles. The number of nitro groups is 1. The third-order valence-electron chi connectivity index (χ3n) is 2.69. The Morgan fingerprint density at radius 3 is 2.48 bits per heavy atom. The first-order valence-electron chi connectivity index (χ1n) is 5.78. The van der Waals surface area contributed by atoms with Crippen molar-refractivity contribution in [2.45, 2.75) is 18.6 Å². The average Bonchev–Trinajstić information content (AvgIpc) is 2.44. The number of rotatable bonds is 6. The van der Waals surface area contributed by atoms with E-state index in [1.165, 1.54) is 0 Å². The van der Waals surface area contributed by atoms with Gasteiger partial charge in [0.2, 0.25) is 5.91 Å². The molecule has 0 heterocycles. The molecule has 21 heavy (non-hydrogen) atoms. The zero-order valence-corrected chi connectivity index (χ0v) is 11.1. The SMILES string of the molecule is COC(=O)c1cc(C(O)C(O)CC(N)=O)cc([N+](=O)[O-])c1. The number of hydrogen-bond donors (Lipinski definition) is 3. The van der Waals surface area contributed by atoms with Crippen molar-refractivity contribution >= 4 is 17.6 Å². The van der Waals surface area contributed by atoms with Crippen LogP contribution in [0.5, 0.6) is 0 Å². The Labute approximate surface area is 119 Å². The second-order valence-corrected chi connectivity index (χ2v) is 4.24. The van der Waals surface area contributed by atoms with E-state index in [2.05, 4.69) is 4.74 Å². The minimum absolute atomic E-state index is 0.0987. The Hall–Kier alpha value is -2.52. The molecule has 9 heteroatoms. The van der Waals surface area contributed by atoms with Crippen molar-refractivity contribution in [3.63, 3.8) is 0 Å². The molecule has 4 N–H and O–H groups in total. The third kappa shape index (κ3) is 4.23. The topological polar surface area (TPSA) is 153 Å². The molecule has 1 aromatic carbocycles. The lowest BCUT2D eigenvalue weighted by atomic mass is 9.99. The summed E-state index contributed by atoms with van der Waals surface area (Å²) < 4.78 is 4.45. The van der Waals surface area contributed by atoms with Crippen LogP contribution in [0.1, 0.15) is 28.4 Å². The molecule has 0 radical (unpaired) electrons. The largest absolute Gasteiger partial charge is 0.465 e. The summed E-state index contributed by atoms with van der Waals surface area (Å²) in [4.78, 5) is 32.2. The number of aliphatic hydroxyl groups is 2. The number of aliphatic hydroxyl groups excluding tert-OH is 2. The zero-order chi connectivity index (χ0) is 16.2. The van der Waals surface area contributed by atoms with E-state index in [0.29, 0.717) is 0 Å². The van der Waals surface area contributed by atoms with Crippen LogP contribution < -0.4 is 5.73 Å². The first kappa shape index (κ1) is 16.5. The molecule has 114 valence electrons. The quantitative estimate of drug-likeness (QED) is 0.368. The van der Waals surface area contributed by atoms with Crippen LogP contribution in [0.3, 0.4) is 0 Å². The molecule has 0 fully saturated rings. The highest BCUT2D eigenvalue weighted by molar-refractivity contribution is 5.90. The van der Waals surface area contributed by atoms with Gasteiger partial charge in [0.15, 0.2) is 0 Å². The minimum Gasteiger partial charge on any atom is -0.465 e. The van der Waals surface area contributed by atoms with E-state index >= 15 is 0 Å². The number of methoxy groups -OCH3 is 1. The average molecular weight is 298 g/mol. The van der Waals surface area contributed by atoms with Crippen LogP contribution in [0.25, 0.3) is 0 Å². The molecule has 0 aliphatic carbocycles. The summed E-state index contributed by atoms with van der Waals surface area (Å²) in [5.74, 6) is -1.68. The van der Waals surface area contributed by atoms with Gasteiger partial charge in [-0.15, -0.1) is 0 Å². The van der Waals surface area contributed by atoms with Gasteiger partial charge >= 0.3 is 5.97 Å². The Kier molecular flexibility index (Phi) is 5.33. The lowest BCUT2D eigenvalue weighted by molar-refractivity contribution is -0.385. The fraction of sp³-hybridized carbons (Fsp3) is 0.333. The van der Waals surface area contributed by atoms with E-state index < -0.39 is 41.1 Å². The standard InChI is InChI=1S/C12H14N2O7/c1-21-12(18)7-2-6(3-8(4-7)14(19)20)11(17)9(15)5-10(13)16/h2-4,9,11,15,17H,5H2,1H3,(H2,13,16). The fourth-order valence-electron chi connectivity index (χ4n) is 1.69. The number of amides is 1. The molecule has 1 aromatic rings. The molecular formula is C12H14N2O7. The van der Waals surface area contributed by atoms with Gasteiger partial charge in [0, 0.05) is 12.1 Å². The van der Waals surface area contributed by atoms with Gasteiger partial charge in [-0.3, -0.25) is 14.9 Å². The van der Waals surface area contributed by atoms with Crippen molar-refractivity contribution in [2.75, 3.05) is 7.11 Å². The van der Waals surface area contributed by atoms with Crippen molar-refractivity contribution in [2.24, 2.45) is 5.73 Å². The Bertz CT molecular complexity index is 573. The van der Waals surface area contributed by atoms with Crippen molar-refractivity contribution in [1.82, 2.24) is 0 Å². The van der Waals surface area contributed by atoms with Gasteiger partial charge in [-0.05, 0) is 11.6 Å². The lowest BCUT2D eigenvalue weighted by Gasteiger charge is -2.17. The number of hydrogen-bond acceptors (Lipinski definition) is 7. The van der Waals surface area contributed by atoms with E-state index in [9.17, 15) is 29.9 Å². The number of nitrogens with two attached hydrogens (primary N) is 1. The first-order chi connectivity index (χ1) is 9.76. The number of esters is 1. The molecule has 0 saturated carbocycles. The molecule has 9 nitrogen and oxygen atoms in total. The van der Waals surface area contributed by atoms with Gasteiger partial charge in [0.25, 0.3) is 5.69 Å². The predicted octanol–water partition coefficient (Wildman–Crippen LogP) is -0.349. The van der Waals surface area contributed by atoms with Gasteiger partial charge in [-0.1, -0.05) is 0 Å². The normalized spacial score (nSPS) is 13.3. The third-order valence-corrected chi connectivity index (χ3v) is 2.69. The summed E-state index contributed by atoms with van der Waals surface area (Å²) >= 11 is 0. The van der Waals surface area contributed by atoms with E-state index in [4.69, 9.17) is 5.73 Å². The van der Waals surface area contributed by atoms with Crippen LogP contribution in [0.15, 0.2) is 18.2 Å². The molecule has 0 saturated heterocycles. The highest BCUT2D eigenvalue weighted by atomic mass is 16.6. The second kappa shape index (κ2) is 6.77. The summed E-state index contributed by atoms with van der Waals surface area (Å²) in [6, 6.07) is 3.09. The molecule has 2 unspecified atom stereocenters. The van der Waals surface area contributed by atoms with Crippen molar-refractivity contribution in [3.8, 4) is 0 Å². The van der Waals surface area contributed by atoms with Crippen LogP contribution in [0.4, 0.5) is 5.69 Å². The molecule has 0 spiro atoms. The van der Waals surface area contributed by atoms with Crippen molar-refractivity contribution in [3.05, 3.63) is 39.4 Å². The summed E-state index contributed by atoms with van der Waals surface area (Å²) in [6.45, 7) is 0. The molecule has 1 rings (SSSR count). The highest BCUT2D eigenvalue weighted by Gasteiger charge is 2.24. The molecule has 1 amide bonds. The second-order valence-electron chi connectivity index (χ2n) is 4.24. The smallest absolute Gasteiger partial charge is 0.338 e. The number of nitro benzene ring substituents is 1. The number of ether oxygens (including phenoxy) is 1. The van der Waals surface area contributed by atoms with Gasteiger partial charge in [0.1, 0.15) is 6.10 Å². The van der Waals surface area contributed by atoms with Gasteiger partial charge < -0.3 is 20.7 Å². The van der Waals surface area contributed by atoms with Crippen LogP contribution in [-0.2, 0) is 9.53 Å². The van der Waals surface area contributed by atoms with E-state index in [-0.39, 0.29) is 11.1 Å². The van der Waals surface area contributed by atoms with Crippen LogP contribution in [-0.4, -0.2) is 40.2 Å². The Morgan fingerprint density at radius 2 is 2.00 bits per heavy atom. The van der Waals surface area contributed by atoms with E-state index in [1.807, 2.05) is 0 Å². The number of primary amides is 1. The molecular weight excluding hydrogens is 284 g/mol. The highest BCUT2D eigenvalue weighted by Crippen LogP contribution is 2.25. The maximum atomic E-state index is 11.4. The fourth-order valence-corrected chi connectivity index (χ4v) is 1.69. The summed E-state index contributed by atoms with van der Waals surface area (Å²) in [7, 11) is 1.10. The number of nitrogens with zero attached hydrogens (tertiary/aromatic N) is 1. The predicted molar refractivity (Wildman–Crippen MR) is 69.2 cm³/mol. The summed E-state index contributed by atoms with van der Waals surface area (Å²) in [5.41, 5.74) is 4.18. The molecule has 0 aliphatic heterocycles. The number of carbonyl (C=O) groups is 2. The molecule has 2 atom stereocenters. The van der Waals surface area contributed by atoms with Gasteiger partial charge in [-0.2, -0.15) is 0 Å². The zero-order valence-electron chi connectivity index (χ0n) is 11.1. The number of carbonyl (C=O) groups excluding carboxylic acids is 2. The summed E-state index contributed by atoms with van der Waals surface area (Å²) in [5, 5.41) is 30.3. The number of non-ortho nitro benzene ring substituents is 1. The first-order valence-corrected chi connectivity index (χ1v) is 5.78. The van der Waals surface area contributed by atoms with Gasteiger partial charge in [0.05, 0.1) is 30.1 Å². The van der Waals surface area contributed by atoms with Crippen LogP contribution in [0.2, 0.25) is 0 Å². The lowest BCUT2D eigenvalue weighted by Crippen LogP contribution is -2.25. The van der Waals surface area contributed by atoms with Crippen molar-refractivity contribution in [1.29, 1.82) is 0 Å². The summed E-state index contributed by atoms with van der Waals surface area (Å²) in [6.07, 6.45) is -3.69. The minimum atomic E-state index is -1.61. The maximum absolute atomic E-state index is 11.4. The monoisotopic (exact) mass is 298 g/mol. The Morgan fingerprint density at radius 1 is 1.38 bits per heavy atom. The molecule has 0 bridgehead atoms.